The normalized spacial score (nSPS) is 20.6. The zero-order valence-corrected chi connectivity index (χ0v) is 16.0. The van der Waals surface area contributed by atoms with Crippen LogP contribution in [0.3, 0.4) is 0 Å². The largest absolute Gasteiger partial charge is 0.332 e. The molecule has 0 amide bonds. The minimum atomic E-state index is -0.385. The molecule has 0 bridgehead atoms. The molecule has 1 heterocycles. The van der Waals surface area contributed by atoms with Gasteiger partial charge in [0, 0.05) is 4.91 Å². The van der Waals surface area contributed by atoms with E-state index in [1.165, 1.54) is 30.0 Å². The van der Waals surface area contributed by atoms with Crippen molar-refractivity contribution < 1.29 is 8.78 Å². The maximum Gasteiger partial charge on any atom is 0.166 e. The molecule has 2 nitrogen and oxygen atoms in total. The van der Waals surface area contributed by atoms with E-state index in [2.05, 4.69) is 16.9 Å². The van der Waals surface area contributed by atoms with Gasteiger partial charge in [0.25, 0.3) is 0 Å². The van der Waals surface area contributed by atoms with Gasteiger partial charge in [-0.05, 0) is 49.3 Å². The third kappa shape index (κ3) is 5.17. The van der Waals surface area contributed by atoms with Crippen molar-refractivity contribution in [2.45, 2.75) is 19.9 Å². The van der Waals surface area contributed by atoms with Crippen molar-refractivity contribution in [1.82, 2.24) is 0 Å². The highest BCUT2D eigenvalue weighted by Gasteiger charge is 2.12. The molecular weight excluding hydrogens is 362 g/mol. The number of thioether (sulfide) groups is 1. The van der Waals surface area contributed by atoms with E-state index in [9.17, 15) is 8.78 Å². The number of benzene rings is 2. The number of nitrogens with one attached hydrogen (secondary N) is 1. The van der Waals surface area contributed by atoms with Gasteiger partial charge in [-0.1, -0.05) is 60.3 Å². The Hall–Kier alpha value is -2.66. The average molecular weight is 382 g/mol. The predicted molar refractivity (Wildman–Crippen MR) is 112 cm³/mol. The number of rotatable bonds is 2. The highest BCUT2D eigenvalue weighted by Crippen LogP contribution is 2.28. The first-order chi connectivity index (χ1) is 12.9. The molecule has 1 aliphatic heterocycles. The summed E-state index contributed by atoms with van der Waals surface area (Å²) in [6.07, 6.45) is 4.33. The molecule has 1 unspecified atom stereocenters. The number of aryl methyl sites for hydroxylation is 1. The molecule has 2 aromatic rings. The van der Waals surface area contributed by atoms with Gasteiger partial charge in [-0.15, -0.1) is 0 Å². The Labute approximate surface area is 162 Å². The Bertz CT molecular complexity index is 961. The van der Waals surface area contributed by atoms with Crippen molar-refractivity contribution in [2.24, 2.45) is 4.99 Å². The van der Waals surface area contributed by atoms with Crippen LogP contribution in [-0.2, 0) is 0 Å². The van der Waals surface area contributed by atoms with Crippen LogP contribution in [0.2, 0.25) is 0 Å². The lowest BCUT2D eigenvalue weighted by atomic mass is 10.0. The predicted octanol–water partition coefficient (Wildman–Crippen LogP) is 6.63. The van der Waals surface area contributed by atoms with E-state index >= 15 is 0 Å². The summed E-state index contributed by atoms with van der Waals surface area (Å²) in [5.41, 5.74) is 3.19. The minimum absolute atomic E-state index is 0.250. The van der Waals surface area contributed by atoms with Gasteiger partial charge in [0.05, 0.1) is 11.7 Å². The summed E-state index contributed by atoms with van der Waals surface area (Å²) in [7, 11) is 0. The van der Waals surface area contributed by atoms with Crippen LogP contribution in [-0.4, -0.2) is 11.2 Å². The quantitative estimate of drug-likeness (QED) is 0.630. The topological polar surface area (TPSA) is 24.4 Å². The molecule has 5 heteroatoms. The third-order valence-electron chi connectivity index (χ3n) is 3.94. The van der Waals surface area contributed by atoms with Crippen LogP contribution in [0.15, 0.2) is 83.0 Å². The highest BCUT2D eigenvalue weighted by molar-refractivity contribution is 8.17. The molecule has 0 spiro atoms. The first-order valence-electron chi connectivity index (χ1n) is 8.54. The Morgan fingerprint density at radius 1 is 1.11 bits per heavy atom. The minimum Gasteiger partial charge on any atom is -0.332 e. The molecule has 2 aromatic carbocycles. The molecule has 0 aliphatic carbocycles. The van der Waals surface area contributed by atoms with Gasteiger partial charge in [0.1, 0.15) is 11.6 Å². The second-order valence-corrected chi connectivity index (χ2v) is 7.44. The van der Waals surface area contributed by atoms with Crippen LogP contribution in [0, 0.1) is 12.7 Å². The van der Waals surface area contributed by atoms with Crippen LogP contribution in [0.1, 0.15) is 12.5 Å². The van der Waals surface area contributed by atoms with Crippen molar-refractivity contribution in [2.75, 3.05) is 5.32 Å². The average Bonchev–Trinajstić information content (AvgIpc) is 2.66. The fraction of sp³-hybridized carbons (Fsp3) is 0.136. The zero-order valence-electron chi connectivity index (χ0n) is 15.2. The van der Waals surface area contributed by atoms with Gasteiger partial charge in [0.15, 0.2) is 5.17 Å². The van der Waals surface area contributed by atoms with E-state index < -0.39 is 0 Å². The van der Waals surface area contributed by atoms with E-state index in [0.29, 0.717) is 15.8 Å². The van der Waals surface area contributed by atoms with E-state index in [0.717, 1.165) is 16.7 Å². The SMILES string of the molecule is C=C1/C=C(F)\C=C/C(C)N=C(Nc2ccc(-c3cccc(C)c3)cc2F)S1. The van der Waals surface area contributed by atoms with Crippen LogP contribution < -0.4 is 5.32 Å². The van der Waals surface area contributed by atoms with Gasteiger partial charge in [-0.3, -0.25) is 4.99 Å². The van der Waals surface area contributed by atoms with E-state index in [1.807, 2.05) is 44.2 Å². The summed E-state index contributed by atoms with van der Waals surface area (Å²) < 4.78 is 28.3. The number of allylic oxidation sites excluding steroid dienone is 3. The summed E-state index contributed by atoms with van der Waals surface area (Å²) in [5, 5.41) is 3.47. The summed E-state index contributed by atoms with van der Waals surface area (Å²) in [5.74, 6) is -0.766. The van der Waals surface area contributed by atoms with Crippen LogP contribution in [0.5, 0.6) is 0 Å². The Kier molecular flexibility index (Phi) is 5.91. The Morgan fingerprint density at radius 2 is 1.89 bits per heavy atom. The molecule has 1 atom stereocenters. The lowest BCUT2D eigenvalue weighted by Gasteiger charge is -2.13. The number of hydrogen-bond acceptors (Lipinski definition) is 3. The second kappa shape index (κ2) is 8.35. The number of anilines is 1. The molecule has 0 radical (unpaired) electrons. The molecule has 27 heavy (non-hydrogen) atoms. The van der Waals surface area contributed by atoms with Gasteiger partial charge in [-0.2, -0.15) is 0 Å². The fourth-order valence-corrected chi connectivity index (χ4v) is 3.43. The standard InChI is InChI=1S/C22H20F2N2S/c1-14-5-4-6-17(11-14)18-8-10-21(20(24)13-18)26-22-25-15(2)7-9-19(23)12-16(3)27-22/h4-13,15H,3H2,1-2H3,(H,25,26)/b9-7-,19-12+. The Morgan fingerprint density at radius 3 is 2.63 bits per heavy atom. The van der Waals surface area contributed by atoms with Crippen molar-refractivity contribution in [3.8, 4) is 11.1 Å². The number of halogens is 2. The fourth-order valence-electron chi connectivity index (χ4n) is 2.63. The molecule has 0 aromatic heterocycles. The monoisotopic (exact) mass is 382 g/mol. The highest BCUT2D eigenvalue weighted by atomic mass is 32.2. The van der Waals surface area contributed by atoms with Gasteiger partial charge >= 0.3 is 0 Å². The van der Waals surface area contributed by atoms with Gasteiger partial charge in [-0.25, -0.2) is 8.78 Å². The lowest BCUT2D eigenvalue weighted by Crippen LogP contribution is -2.12. The van der Waals surface area contributed by atoms with E-state index in [4.69, 9.17) is 0 Å². The zero-order chi connectivity index (χ0) is 19.4. The molecule has 3 rings (SSSR count). The number of amidine groups is 1. The summed E-state index contributed by atoms with van der Waals surface area (Å²) >= 11 is 1.17. The Balaban J connectivity index is 1.85. The lowest BCUT2D eigenvalue weighted by molar-refractivity contribution is 0.632. The first-order valence-corrected chi connectivity index (χ1v) is 9.36. The van der Waals surface area contributed by atoms with Crippen LogP contribution in [0.25, 0.3) is 11.1 Å². The number of aliphatic imine (C=N–C) groups is 1. The van der Waals surface area contributed by atoms with Crippen molar-refractivity contribution in [3.63, 3.8) is 0 Å². The maximum absolute atomic E-state index is 14.7. The third-order valence-corrected chi connectivity index (χ3v) is 4.72. The van der Waals surface area contributed by atoms with Crippen molar-refractivity contribution >= 4 is 22.6 Å². The smallest absolute Gasteiger partial charge is 0.166 e. The summed E-state index contributed by atoms with van der Waals surface area (Å²) in [4.78, 5) is 4.94. The molecule has 138 valence electrons. The summed E-state index contributed by atoms with van der Waals surface area (Å²) in [6.45, 7) is 7.64. The maximum atomic E-state index is 14.7. The molecule has 0 fully saturated rings. The summed E-state index contributed by atoms with van der Waals surface area (Å²) in [6, 6.07) is 12.7. The number of hydrogen-bond donors (Lipinski definition) is 1. The molecule has 0 saturated carbocycles. The number of nitrogens with zero attached hydrogens (tertiary/aromatic N) is 1. The van der Waals surface area contributed by atoms with Gasteiger partial charge in [0.2, 0.25) is 0 Å². The van der Waals surface area contributed by atoms with Crippen LogP contribution in [0.4, 0.5) is 14.5 Å². The van der Waals surface area contributed by atoms with Crippen molar-refractivity contribution in [3.05, 3.63) is 89.4 Å². The molecule has 1 aliphatic rings. The van der Waals surface area contributed by atoms with E-state index in [-0.39, 0.29) is 17.7 Å². The molecular formula is C22H20F2N2S. The van der Waals surface area contributed by atoms with Crippen LogP contribution >= 0.6 is 11.8 Å². The van der Waals surface area contributed by atoms with Crippen molar-refractivity contribution in [1.29, 1.82) is 0 Å². The molecule has 0 saturated heterocycles. The second-order valence-electron chi connectivity index (χ2n) is 6.32. The molecule has 1 N–H and O–H groups in total. The first kappa shape index (κ1) is 19.1. The van der Waals surface area contributed by atoms with E-state index in [1.54, 1.807) is 12.1 Å². The van der Waals surface area contributed by atoms with Gasteiger partial charge < -0.3 is 5.32 Å².